The number of aromatic hydroxyl groups is 1. The molecule has 0 spiro atoms. The van der Waals surface area contributed by atoms with Gasteiger partial charge in [0.2, 0.25) is 0 Å². The zero-order valence-corrected chi connectivity index (χ0v) is 18.9. The highest BCUT2D eigenvalue weighted by Crippen LogP contribution is 2.38. The van der Waals surface area contributed by atoms with Crippen LogP contribution in [0.1, 0.15) is 48.1 Å². The van der Waals surface area contributed by atoms with Crippen LogP contribution in [0.3, 0.4) is 0 Å². The van der Waals surface area contributed by atoms with Crippen LogP contribution in [0.25, 0.3) is 0 Å². The van der Waals surface area contributed by atoms with Crippen LogP contribution in [-0.4, -0.2) is 27.4 Å². The van der Waals surface area contributed by atoms with E-state index in [1.807, 2.05) is 41.8 Å². The number of cyclic esters (lactones) is 2. The number of imidazole rings is 1. The van der Waals surface area contributed by atoms with E-state index in [0.29, 0.717) is 23.5 Å². The van der Waals surface area contributed by atoms with E-state index in [4.69, 9.17) is 9.47 Å². The minimum atomic E-state index is -1.39. The first kappa shape index (κ1) is 22.4. The molecule has 8 nitrogen and oxygen atoms in total. The van der Waals surface area contributed by atoms with Gasteiger partial charge in [-0.15, -0.1) is 0 Å². The fourth-order valence-corrected chi connectivity index (χ4v) is 4.23. The molecule has 0 aliphatic carbocycles. The number of ether oxygens (including phenoxy) is 2. The molecule has 1 aliphatic rings. The van der Waals surface area contributed by atoms with E-state index in [1.165, 1.54) is 26.0 Å². The molecular formula is C25H26N2O6. The van der Waals surface area contributed by atoms with Gasteiger partial charge in [-0.1, -0.05) is 42.5 Å². The minimum Gasteiger partial charge on any atom is -0.711 e. The number of carbonyl (C=O) groups is 2. The molecule has 2 heterocycles. The Kier molecular flexibility index (Phi) is 5.61. The molecule has 1 fully saturated rings. The Morgan fingerprint density at radius 3 is 2.18 bits per heavy atom. The fraction of sp³-hybridized carbons (Fsp3) is 0.320. The second-order valence-corrected chi connectivity index (χ2v) is 8.68. The maximum atomic E-state index is 13.4. The third kappa shape index (κ3) is 4.16. The Morgan fingerprint density at radius 2 is 1.61 bits per heavy atom. The molecule has 1 aromatic heterocycles. The summed E-state index contributed by atoms with van der Waals surface area (Å²) in [5.41, 5.74) is 2.63. The van der Waals surface area contributed by atoms with Crippen molar-refractivity contribution in [3.8, 4) is 5.75 Å². The van der Waals surface area contributed by atoms with E-state index >= 15 is 0 Å². The van der Waals surface area contributed by atoms with E-state index in [2.05, 4.69) is 0 Å². The average molecular weight is 450 g/mol. The SMILES string of the molecule is Cc1c(C)[n+]([O-])c([C@@H](c2ccc(O)cc2)C2C(=O)OC(C)(C)OC2=O)n1Cc1ccccc1. The first-order valence-electron chi connectivity index (χ1n) is 10.7. The maximum Gasteiger partial charge on any atom is 0.324 e. The van der Waals surface area contributed by atoms with Crippen LogP contribution in [0, 0.1) is 25.0 Å². The third-order valence-corrected chi connectivity index (χ3v) is 5.97. The summed E-state index contributed by atoms with van der Waals surface area (Å²) < 4.78 is 13.4. The van der Waals surface area contributed by atoms with Gasteiger partial charge >= 0.3 is 11.9 Å². The van der Waals surface area contributed by atoms with Gasteiger partial charge in [0.15, 0.2) is 5.92 Å². The number of phenolic OH excluding ortho intramolecular Hbond substituents is 1. The standard InChI is InChI=1S/C25H26N2O6/c1-15-16(2)27(31)22(26(15)14-17-8-6-5-7-9-17)20(18-10-12-19(28)13-11-18)21-23(29)32-25(3,4)33-24(21)30/h5-13,20-21,28H,14H2,1-4H3/t20-/m0/s1. The summed E-state index contributed by atoms with van der Waals surface area (Å²) in [6.45, 7) is 6.85. The number of hydrogen-bond donors (Lipinski definition) is 1. The van der Waals surface area contributed by atoms with Crippen molar-refractivity contribution in [2.45, 2.75) is 45.9 Å². The lowest BCUT2D eigenvalue weighted by Crippen LogP contribution is -2.50. The van der Waals surface area contributed by atoms with Crippen LogP contribution in [0.2, 0.25) is 0 Å². The first-order chi connectivity index (χ1) is 15.6. The average Bonchev–Trinajstić information content (AvgIpc) is 2.95. The number of aromatic nitrogens is 2. The van der Waals surface area contributed by atoms with Gasteiger partial charge in [0.05, 0.1) is 0 Å². The van der Waals surface area contributed by atoms with E-state index in [1.54, 1.807) is 19.1 Å². The number of hydrogen-bond acceptors (Lipinski definition) is 6. The molecule has 1 N–H and O–H groups in total. The van der Waals surface area contributed by atoms with Gasteiger partial charge in [-0.2, -0.15) is 0 Å². The molecule has 0 radical (unpaired) electrons. The Balaban J connectivity index is 1.92. The predicted molar refractivity (Wildman–Crippen MR) is 118 cm³/mol. The molecule has 33 heavy (non-hydrogen) atoms. The lowest BCUT2D eigenvalue weighted by atomic mass is 9.84. The van der Waals surface area contributed by atoms with E-state index in [0.717, 1.165) is 10.3 Å². The quantitative estimate of drug-likeness (QED) is 0.277. The summed E-state index contributed by atoms with van der Waals surface area (Å²) >= 11 is 0. The van der Waals surface area contributed by atoms with Gasteiger partial charge in [0, 0.05) is 27.7 Å². The zero-order chi connectivity index (χ0) is 23.9. The highest BCUT2D eigenvalue weighted by molar-refractivity contribution is 5.98. The van der Waals surface area contributed by atoms with Crippen LogP contribution in [0.15, 0.2) is 54.6 Å². The van der Waals surface area contributed by atoms with Gasteiger partial charge < -0.3 is 19.8 Å². The normalized spacial score (nSPS) is 16.8. The van der Waals surface area contributed by atoms with Crippen molar-refractivity contribution in [3.05, 3.63) is 88.1 Å². The van der Waals surface area contributed by atoms with Gasteiger partial charge in [0.1, 0.15) is 29.6 Å². The predicted octanol–water partition coefficient (Wildman–Crippen LogP) is 3.08. The van der Waals surface area contributed by atoms with Crippen molar-refractivity contribution in [3.63, 3.8) is 0 Å². The molecule has 1 atom stereocenters. The van der Waals surface area contributed by atoms with Crippen molar-refractivity contribution < 1.29 is 28.9 Å². The molecule has 0 amide bonds. The van der Waals surface area contributed by atoms with Crippen molar-refractivity contribution in [1.29, 1.82) is 0 Å². The highest BCUT2D eigenvalue weighted by atomic mass is 16.7. The monoisotopic (exact) mass is 450 g/mol. The molecule has 0 unspecified atom stereocenters. The van der Waals surface area contributed by atoms with Gasteiger partial charge in [0.25, 0.3) is 11.6 Å². The van der Waals surface area contributed by atoms with Crippen LogP contribution < -0.4 is 4.73 Å². The lowest BCUT2D eigenvalue weighted by molar-refractivity contribution is -0.621. The summed E-state index contributed by atoms with van der Waals surface area (Å²) in [7, 11) is 0. The van der Waals surface area contributed by atoms with Crippen LogP contribution in [0.4, 0.5) is 0 Å². The third-order valence-electron chi connectivity index (χ3n) is 5.97. The number of phenols is 1. The van der Waals surface area contributed by atoms with Crippen LogP contribution in [0.5, 0.6) is 5.75 Å². The first-order valence-corrected chi connectivity index (χ1v) is 10.7. The van der Waals surface area contributed by atoms with Crippen LogP contribution >= 0.6 is 0 Å². The molecule has 0 saturated carbocycles. The number of benzene rings is 2. The second kappa shape index (κ2) is 8.27. The smallest absolute Gasteiger partial charge is 0.324 e. The summed E-state index contributed by atoms with van der Waals surface area (Å²) in [5.74, 6) is -5.06. The van der Waals surface area contributed by atoms with Gasteiger partial charge in [-0.25, -0.2) is 9.30 Å². The number of esters is 2. The summed E-state index contributed by atoms with van der Waals surface area (Å²) in [6.07, 6.45) is 0. The Morgan fingerprint density at radius 1 is 1.03 bits per heavy atom. The van der Waals surface area contributed by atoms with E-state index in [-0.39, 0.29) is 11.6 Å². The molecule has 3 aromatic rings. The fourth-order valence-electron chi connectivity index (χ4n) is 4.23. The number of rotatable bonds is 5. The number of carbonyl (C=O) groups excluding carboxylic acids is 2. The minimum absolute atomic E-state index is 0.0226. The maximum absolute atomic E-state index is 13.4. The van der Waals surface area contributed by atoms with Crippen LogP contribution in [-0.2, 0) is 25.6 Å². The van der Waals surface area contributed by atoms with Crippen molar-refractivity contribution >= 4 is 11.9 Å². The Bertz CT molecular complexity index is 1180. The highest BCUT2D eigenvalue weighted by Gasteiger charge is 2.51. The molecule has 1 aliphatic heterocycles. The molecule has 1 saturated heterocycles. The van der Waals surface area contributed by atoms with Crippen molar-refractivity contribution in [2.75, 3.05) is 0 Å². The Labute approximate surface area is 191 Å². The van der Waals surface area contributed by atoms with Gasteiger partial charge in [-0.3, -0.25) is 9.59 Å². The molecular weight excluding hydrogens is 424 g/mol. The second-order valence-electron chi connectivity index (χ2n) is 8.68. The van der Waals surface area contributed by atoms with Crippen molar-refractivity contribution in [2.24, 2.45) is 5.92 Å². The summed E-state index contributed by atoms with van der Waals surface area (Å²) in [5, 5.41) is 23.2. The molecule has 2 aromatic carbocycles. The molecule has 4 rings (SSSR count). The summed E-state index contributed by atoms with van der Waals surface area (Å²) in [6, 6.07) is 15.7. The van der Waals surface area contributed by atoms with Crippen molar-refractivity contribution in [1.82, 2.24) is 4.57 Å². The molecule has 172 valence electrons. The summed E-state index contributed by atoms with van der Waals surface area (Å²) in [4.78, 5) is 26.1. The topological polar surface area (TPSA) is 105 Å². The molecule has 0 bridgehead atoms. The van der Waals surface area contributed by atoms with Gasteiger partial charge in [-0.05, 0) is 23.3 Å². The zero-order valence-electron chi connectivity index (χ0n) is 18.9. The van der Waals surface area contributed by atoms with E-state index < -0.39 is 29.6 Å². The Hall–Kier alpha value is -3.81. The van der Waals surface area contributed by atoms with E-state index in [9.17, 15) is 19.9 Å². The molecule has 8 heteroatoms. The largest absolute Gasteiger partial charge is 0.711 e. The number of nitrogens with zero attached hydrogens (tertiary/aromatic N) is 2. The lowest BCUT2D eigenvalue weighted by Gasteiger charge is -2.35.